The highest BCUT2D eigenvalue weighted by Crippen LogP contribution is 2.18. The maximum atomic E-state index is 4.35. The Morgan fingerprint density at radius 1 is 1.47 bits per heavy atom. The molecule has 0 aliphatic heterocycles. The zero-order valence-corrected chi connectivity index (χ0v) is 10.8. The summed E-state index contributed by atoms with van der Waals surface area (Å²) in [6.07, 6.45) is 2.09. The van der Waals surface area contributed by atoms with Crippen molar-refractivity contribution in [3.05, 3.63) is 17.5 Å². The third-order valence-corrected chi connectivity index (χ3v) is 2.46. The van der Waals surface area contributed by atoms with Gasteiger partial charge >= 0.3 is 0 Å². The van der Waals surface area contributed by atoms with Gasteiger partial charge in [0.2, 0.25) is 0 Å². The van der Waals surface area contributed by atoms with E-state index in [9.17, 15) is 0 Å². The first-order chi connectivity index (χ1) is 6.79. The summed E-state index contributed by atoms with van der Waals surface area (Å²) < 4.78 is 1.87. The van der Waals surface area contributed by atoms with Gasteiger partial charge in [-0.15, -0.1) is 0 Å². The molecule has 0 saturated carbocycles. The van der Waals surface area contributed by atoms with E-state index in [0.717, 1.165) is 12.2 Å². The summed E-state index contributed by atoms with van der Waals surface area (Å²) >= 11 is 0. The molecule has 0 fully saturated rings. The standard InChI is InChI=1S/C12H23N3/c1-9(13-8-12(3,4)5)11-7-15(6)14-10(11)2/h7,9,13H,8H2,1-6H3. The van der Waals surface area contributed by atoms with Gasteiger partial charge in [0.1, 0.15) is 0 Å². The van der Waals surface area contributed by atoms with Crippen molar-refractivity contribution in [3.8, 4) is 0 Å². The van der Waals surface area contributed by atoms with Gasteiger partial charge in [0.15, 0.2) is 0 Å². The minimum Gasteiger partial charge on any atom is -0.310 e. The van der Waals surface area contributed by atoms with E-state index in [4.69, 9.17) is 0 Å². The highest BCUT2D eigenvalue weighted by Gasteiger charge is 2.15. The number of nitrogens with zero attached hydrogens (tertiary/aromatic N) is 2. The Hall–Kier alpha value is -0.830. The van der Waals surface area contributed by atoms with Crippen LogP contribution in [-0.2, 0) is 7.05 Å². The number of aromatic nitrogens is 2. The van der Waals surface area contributed by atoms with Gasteiger partial charge in [-0.05, 0) is 19.3 Å². The van der Waals surface area contributed by atoms with E-state index in [1.54, 1.807) is 0 Å². The molecule has 3 nitrogen and oxygen atoms in total. The molecule has 0 bridgehead atoms. The molecular weight excluding hydrogens is 186 g/mol. The van der Waals surface area contributed by atoms with E-state index in [-0.39, 0.29) is 0 Å². The molecule has 0 aliphatic rings. The third-order valence-electron chi connectivity index (χ3n) is 2.46. The van der Waals surface area contributed by atoms with Crippen molar-refractivity contribution in [2.75, 3.05) is 6.54 Å². The van der Waals surface area contributed by atoms with Crippen molar-refractivity contribution in [3.63, 3.8) is 0 Å². The fraction of sp³-hybridized carbons (Fsp3) is 0.750. The van der Waals surface area contributed by atoms with E-state index in [1.807, 2.05) is 11.7 Å². The first kappa shape index (κ1) is 12.2. The Morgan fingerprint density at radius 2 is 2.07 bits per heavy atom. The lowest BCUT2D eigenvalue weighted by atomic mass is 9.96. The first-order valence-electron chi connectivity index (χ1n) is 5.53. The van der Waals surface area contributed by atoms with Crippen LogP contribution in [-0.4, -0.2) is 16.3 Å². The van der Waals surface area contributed by atoms with Crippen LogP contribution in [0.1, 0.15) is 45.0 Å². The van der Waals surface area contributed by atoms with E-state index >= 15 is 0 Å². The van der Waals surface area contributed by atoms with Gasteiger partial charge in [-0.2, -0.15) is 5.10 Å². The van der Waals surface area contributed by atoms with Crippen LogP contribution in [0.15, 0.2) is 6.20 Å². The van der Waals surface area contributed by atoms with Gasteiger partial charge in [-0.3, -0.25) is 4.68 Å². The van der Waals surface area contributed by atoms with Gasteiger partial charge in [-0.1, -0.05) is 20.8 Å². The van der Waals surface area contributed by atoms with Gasteiger partial charge in [0, 0.05) is 31.4 Å². The van der Waals surface area contributed by atoms with Crippen LogP contribution in [0.4, 0.5) is 0 Å². The number of rotatable bonds is 3. The zero-order chi connectivity index (χ0) is 11.6. The van der Waals surface area contributed by atoms with Gasteiger partial charge in [0.25, 0.3) is 0 Å². The SMILES string of the molecule is Cc1nn(C)cc1C(C)NCC(C)(C)C. The number of hydrogen-bond acceptors (Lipinski definition) is 2. The molecule has 0 spiro atoms. The fourth-order valence-corrected chi connectivity index (χ4v) is 1.61. The Bertz CT molecular complexity index is 320. The number of aryl methyl sites for hydroxylation is 2. The molecule has 1 rings (SSSR count). The quantitative estimate of drug-likeness (QED) is 0.828. The second kappa shape index (κ2) is 4.35. The minimum absolute atomic E-state index is 0.324. The second-order valence-corrected chi connectivity index (χ2v) is 5.51. The Morgan fingerprint density at radius 3 is 2.47 bits per heavy atom. The van der Waals surface area contributed by atoms with Crippen molar-refractivity contribution in [1.29, 1.82) is 0 Å². The van der Waals surface area contributed by atoms with Crippen LogP contribution in [0.5, 0.6) is 0 Å². The maximum absolute atomic E-state index is 4.35. The number of nitrogens with one attached hydrogen (secondary N) is 1. The van der Waals surface area contributed by atoms with Crippen LogP contribution in [0.2, 0.25) is 0 Å². The molecule has 1 atom stereocenters. The third kappa shape index (κ3) is 3.67. The average Bonchev–Trinajstić information content (AvgIpc) is 2.40. The Balaban J connectivity index is 2.61. The molecule has 0 saturated heterocycles. The fourth-order valence-electron chi connectivity index (χ4n) is 1.61. The maximum Gasteiger partial charge on any atom is 0.0641 e. The lowest BCUT2D eigenvalue weighted by molar-refractivity contribution is 0.359. The predicted molar refractivity (Wildman–Crippen MR) is 63.8 cm³/mol. The van der Waals surface area contributed by atoms with Crippen molar-refractivity contribution >= 4 is 0 Å². The van der Waals surface area contributed by atoms with Gasteiger partial charge in [-0.25, -0.2) is 0 Å². The zero-order valence-electron chi connectivity index (χ0n) is 10.8. The van der Waals surface area contributed by atoms with E-state index in [2.05, 4.69) is 51.2 Å². The molecule has 0 aliphatic carbocycles. The summed E-state index contributed by atoms with van der Waals surface area (Å²) in [7, 11) is 1.97. The van der Waals surface area contributed by atoms with Crippen molar-refractivity contribution in [2.45, 2.75) is 40.7 Å². The molecule has 1 aromatic heterocycles. The second-order valence-electron chi connectivity index (χ2n) is 5.51. The molecule has 15 heavy (non-hydrogen) atoms. The predicted octanol–water partition coefficient (Wildman–Crippen LogP) is 2.43. The van der Waals surface area contributed by atoms with Gasteiger partial charge in [0.05, 0.1) is 5.69 Å². The smallest absolute Gasteiger partial charge is 0.0641 e. The lowest BCUT2D eigenvalue weighted by Gasteiger charge is -2.22. The van der Waals surface area contributed by atoms with E-state index < -0.39 is 0 Å². The van der Waals surface area contributed by atoms with Crippen LogP contribution in [0.25, 0.3) is 0 Å². The summed E-state index contributed by atoms with van der Waals surface area (Å²) in [5.74, 6) is 0. The normalized spacial score (nSPS) is 14.3. The molecule has 3 heteroatoms. The highest BCUT2D eigenvalue weighted by molar-refractivity contribution is 5.19. The number of hydrogen-bond donors (Lipinski definition) is 1. The summed E-state index contributed by atoms with van der Waals surface area (Å²) in [5, 5.41) is 7.89. The minimum atomic E-state index is 0.324. The molecule has 0 amide bonds. The van der Waals surface area contributed by atoms with E-state index in [1.165, 1.54) is 5.56 Å². The summed E-state index contributed by atoms with van der Waals surface area (Å²) in [5.41, 5.74) is 2.73. The van der Waals surface area contributed by atoms with Crippen LogP contribution in [0.3, 0.4) is 0 Å². The topological polar surface area (TPSA) is 29.9 Å². The first-order valence-corrected chi connectivity index (χ1v) is 5.53. The summed E-state index contributed by atoms with van der Waals surface area (Å²) in [6.45, 7) is 12.0. The van der Waals surface area contributed by atoms with Gasteiger partial charge < -0.3 is 5.32 Å². The Labute approximate surface area is 92.9 Å². The van der Waals surface area contributed by atoms with E-state index in [0.29, 0.717) is 11.5 Å². The average molecular weight is 209 g/mol. The lowest BCUT2D eigenvalue weighted by Crippen LogP contribution is -2.29. The molecule has 1 N–H and O–H groups in total. The monoisotopic (exact) mass is 209 g/mol. The molecule has 1 aromatic rings. The highest BCUT2D eigenvalue weighted by atomic mass is 15.3. The molecule has 86 valence electrons. The van der Waals surface area contributed by atoms with Crippen LogP contribution < -0.4 is 5.32 Å². The molecule has 1 heterocycles. The molecule has 1 unspecified atom stereocenters. The van der Waals surface area contributed by atoms with Crippen molar-refractivity contribution in [1.82, 2.24) is 15.1 Å². The Kier molecular flexibility index (Phi) is 3.55. The molecule has 0 aromatic carbocycles. The van der Waals surface area contributed by atoms with Crippen molar-refractivity contribution in [2.24, 2.45) is 12.5 Å². The molecule has 0 radical (unpaired) electrons. The van der Waals surface area contributed by atoms with Crippen molar-refractivity contribution < 1.29 is 0 Å². The summed E-state index contributed by atoms with van der Waals surface area (Å²) in [4.78, 5) is 0. The molecular formula is C12H23N3. The largest absolute Gasteiger partial charge is 0.310 e. The van der Waals surface area contributed by atoms with Crippen LogP contribution >= 0.6 is 0 Å². The van der Waals surface area contributed by atoms with Crippen LogP contribution in [0, 0.1) is 12.3 Å². The summed E-state index contributed by atoms with van der Waals surface area (Å²) in [6, 6.07) is 0.373.